The number of aryl methyl sites for hydroxylation is 1. The third kappa shape index (κ3) is 2.29. The Morgan fingerprint density at radius 3 is 3.09 bits per heavy atom. The summed E-state index contributed by atoms with van der Waals surface area (Å²) in [5.74, 6) is -0.293. The van der Waals surface area contributed by atoms with Gasteiger partial charge in [-0.3, -0.25) is 4.79 Å². The molecule has 0 saturated heterocycles. The number of nitrogens with zero attached hydrogens (tertiary/aromatic N) is 1. The van der Waals surface area contributed by atoms with Crippen LogP contribution < -0.4 is 5.32 Å². The number of hydrogen-bond donors (Lipinski definition) is 2. The second kappa shape index (κ2) is 3.05. The molecule has 60 valence electrons. The first-order chi connectivity index (χ1) is 5.18. The Hall–Kier alpha value is -1.52. The molecule has 1 rings (SSSR count). The highest BCUT2D eigenvalue weighted by Crippen LogP contribution is 2.05. The molecule has 0 amide bonds. The largest absolute Gasteiger partial charge is 0.480 e. The summed E-state index contributed by atoms with van der Waals surface area (Å²) in [5.41, 5.74) is 0. The van der Waals surface area contributed by atoms with Crippen LogP contribution in [-0.4, -0.2) is 22.6 Å². The molecule has 1 aromatic rings. The van der Waals surface area contributed by atoms with Crippen LogP contribution in [-0.2, 0) is 4.79 Å². The van der Waals surface area contributed by atoms with E-state index in [0.717, 1.165) is 0 Å². The van der Waals surface area contributed by atoms with E-state index in [2.05, 4.69) is 10.3 Å². The fourth-order valence-corrected chi connectivity index (χ4v) is 0.588. The van der Waals surface area contributed by atoms with Crippen LogP contribution in [0.5, 0.6) is 0 Å². The van der Waals surface area contributed by atoms with Gasteiger partial charge in [0.15, 0.2) is 0 Å². The smallest absolute Gasteiger partial charge is 0.323 e. The van der Waals surface area contributed by atoms with Gasteiger partial charge in [0.05, 0.1) is 6.20 Å². The zero-order valence-corrected chi connectivity index (χ0v) is 6.00. The monoisotopic (exact) mass is 156 g/mol. The van der Waals surface area contributed by atoms with Crippen molar-refractivity contribution in [2.75, 3.05) is 11.9 Å². The minimum absolute atomic E-state index is 0.181. The molecule has 0 aliphatic heterocycles. The highest BCUT2D eigenvalue weighted by atomic mass is 16.4. The summed E-state index contributed by atoms with van der Waals surface area (Å²) in [4.78, 5) is 13.8. The first-order valence-corrected chi connectivity index (χ1v) is 3.06. The molecule has 1 aromatic heterocycles. The van der Waals surface area contributed by atoms with E-state index in [9.17, 15) is 4.79 Å². The van der Waals surface area contributed by atoms with E-state index in [0.29, 0.717) is 5.76 Å². The number of anilines is 1. The normalized spacial score (nSPS) is 9.55. The standard InChI is InChI=1S/C6H8N2O3/c1-4-2-7-6(11-4)8-3-5(9)10/h2H,3H2,1H3,(H,7,8)(H,9,10). The quantitative estimate of drug-likeness (QED) is 0.665. The molecule has 0 fully saturated rings. The molecule has 0 aliphatic rings. The summed E-state index contributed by atoms with van der Waals surface area (Å²) in [6.45, 7) is 1.55. The van der Waals surface area contributed by atoms with Crippen LogP contribution in [0.15, 0.2) is 10.6 Å². The molecule has 0 aromatic carbocycles. The van der Waals surface area contributed by atoms with Crippen molar-refractivity contribution in [2.24, 2.45) is 0 Å². The van der Waals surface area contributed by atoms with Gasteiger partial charge in [0, 0.05) is 0 Å². The van der Waals surface area contributed by atoms with Gasteiger partial charge in [0.2, 0.25) is 0 Å². The molecular weight excluding hydrogens is 148 g/mol. The van der Waals surface area contributed by atoms with E-state index in [-0.39, 0.29) is 12.6 Å². The van der Waals surface area contributed by atoms with Crippen molar-refractivity contribution < 1.29 is 14.3 Å². The van der Waals surface area contributed by atoms with Crippen molar-refractivity contribution in [3.8, 4) is 0 Å². The Kier molecular flexibility index (Phi) is 2.10. The van der Waals surface area contributed by atoms with E-state index >= 15 is 0 Å². The molecule has 0 saturated carbocycles. The maximum atomic E-state index is 10.0. The van der Waals surface area contributed by atoms with Gasteiger partial charge in [-0.2, -0.15) is 0 Å². The Balaban J connectivity index is 2.45. The molecule has 2 N–H and O–H groups in total. The lowest BCUT2D eigenvalue weighted by molar-refractivity contribution is -0.134. The second-order valence-corrected chi connectivity index (χ2v) is 2.02. The van der Waals surface area contributed by atoms with Crippen LogP contribution in [0.2, 0.25) is 0 Å². The lowest BCUT2D eigenvalue weighted by atomic mass is 10.6. The molecular formula is C6H8N2O3. The SMILES string of the molecule is Cc1cnc(NCC(=O)O)o1. The molecule has 0 spiro atoms. The number of aliphatic carboxylic acids is 1. The van der Waals surface area contributed by atoms with Crippen molar-refractivity contribution in [1.82, 2.24) is 4.98 Å². The van der Waals surface area contributed by atoms with E-state index in [1.165, 1.54) is 6.20 Å². The van der Waals surface area contributed by atoms with Crippen LogP contribution in [0.1, 0.15) is 5.76 Å². The van der Waals surface area contributed by atoms with Gasteiger partial charge >= 0.3 is 5.97 Å². The minimum atomic E-state index is -0.944. The zero-order chi connectivity index (χ0) is 8.27. The van der Waals surface area contributed by atoms with Gasteiger partial charge in [-0.1, -0.05) is 0 Å². The van der Waals surface area contributed by atoms with Crippen LogP contribution in [0, 0.1) is 6.92 Å². The molecule has 1 heterocycles. The van der Waals surface area contributed by atoms with Gasteiger partial charge < -0.3 is 14.8 Å². The number of aromatic nitrogens is 1. The predicted octanol–water partition coefficient (Wildman–Crippen LogP) is 0.480. The minimum Gasteiger partial charge on any atom is -0.480 e. The third-order valence-corrected chi connectivity index (χ3v) is 1.01. The van der Waals surface area contributed by atoms with E-state index in [1.807, 2.05) is 0 Å². The highest BCUT2D eigenvalue weighted by molar-refractivity contribution is 5.71. The Morgan fingerprint density at radius 1 is 1.91 bits per heavy atom. The summed E-state index contributed by atoms with van der Waals surface area (Å²) in [5, 5.41) is 10.7. The van der Waals surface area contributed by atoms with E-state index in [4.69, 9.17) is 9.52 Å². The van der Waals surface area contributed by atoms with Crippen LogP contribution in [0.4, 0.5) is 6.01 Å². The fourth-order valence-electron chi connectivity index (χ4n) is 0.588. The first-order valence-electron chi connectivity index (χ1n) is 3.06. The summed E-state index contributed by atoms with van der Waals surface area (Å²) >= 11 is 0. The molecule has 0 aliphatic carbocycles. The number of rotatable bonds is 3. The zero-order valence-electron chi connectivity index (χ0n) is 6.00. The van der Waals surface area contributed by atoms with Gasteiger partial charge in [0.1, 0.15) is 12.3 Å². The lowest BCUT2D eigenvalue weighted by Gasteiger charge is -1.93. The number of carboxylic acids is 1. The second-order valence-electron chi connectivity index (χ2n) is 2.02. The van der Waals surface area contributed by atoms with Gasteiger partial charge in [0.25, 0.3) is 6.01 Å². The third-order valence-electron chi connectivity index (χ3n) is 1.01. The number of carboxylic acid groups (broad SMARTS) is 1. The van der Waals surface area contributed by atoms with E-state index < -0.39 is 5.97 Å². The molecule has 0 radical (unpaired) electrons. The summed E-state index contributed by atoms with van der Waals surface area (Å²) < 4.78 is 4.95. The fraction of sp³-hybridized carbons (Fsp3) is 0.333. The van der Waals surface area contributed by atoms with E-state index in [1.54, 1.807) is 6.92 Å². The summed E-state index contributed by atoms with van der Waals surface area (Å²) in [7, 11) is 0. The lowest BCUT2D eigenvalue weighted by Crippen LogP contribution is -2.12. The maximum absolute atomic E-state index is 10.0. The molecule has 5 heteroatoms. The van der Waals surface area contributed by atoms with Gasteiger partial charge in [-0.05, 0) is 6.92 Å². The van der Waals surface area contributed by atoms with Crippen LogP contribution in [0.25, 0.3) is 0 Å². The van der Waals surface area contributed by atoms with Crippen molar-refractivity contribution in [2.45, 2.75) is 6.92 Å². The topological polar surface area (TPSA) is 75.4 Å². The number of hydrogen-bond acceptors (Lipinski definition) is 4. The summed E-state index contributed by atoms with van der Waals surface area (Å²) in [6.07, 6.45) is 1.52. The van der Waals surface area contributed by atoms with Crippen molar-refractivity contribution >= 4 is 12.0 Å². The van der Waals surface area contributed by atoms with Crippen LogP contribution in [0.3, 0.4) is 0 Å². The molecule has 0 atom stereocenters. The van der Waals surface area contributed by atoms with Gasteiger partial charge in [-0.25, -0.2) is 4.98 Å². The molecule has 0 bridgehead atoms. The highest BCUT2D eigenvalue weighted by Gasteiger charge is 2.00. The van der Waals surface area contributed by atoms with Crippen LogP contribution >= 0.6 is 0 Å². The number of carbonyl (C=O) groups is 1. The van der Waals surface area contributed by atoms with Crippen molar-refractivity contribution in [3.05, 3.63) is 12.0 Å². The Bertz CT molecular complexity index is 256. The molecule has 0 unspecified atom stereocenters. The maximum Gasteiger partial charge on any atom is 0.323 e. The average Bonchev–Trinajstić information content (AvgIpc) is 2.31. The predicted molar refractivity (Wildman–Crippen MR) is 37.4 cm³/mol. The molecule has 5 nitrogen and oxygen atoms in total. The van der Waals surface area contributed by atoms with Crippen molar-refractivity contribution in [1.29, 1.82) is 0 Å². The molecule has 11 heavy (non-hydrogen) atoms. The number of nitrogens with one attached hydrogen (secondary N) is 1. The Morgan fingerprint density at radius 2 is 2.64 bits per heavy atom. The Labute approximate surface area is 63.0 Å². The first kappa shape index (κ1) is 7.59. The average molecular weight is 156 g/mol. The summed E-state index contributed by atoms with van der Waals surface area (Å²) in [6, 6.07) is 0.241. The number of oxazole rings is 1. The van der Waals surface area contributed by atoms with Gasteiger partial charge in [-0.15, -0.1) is 0 Å². The van der Waals surface area contributed by atoms with Crippen molar-refractivity contribution in [3.63, 3.8) is 0 Å².